The van der Waals surface area contributed by atoms with Gasteiger partial charge in [-0.1, -0.05) is 24.3 Å². The first kappa shape index (κ1) is 20.0. The standard InChI is InChI=1S/C22H28N4O2/c23-11-3-5-13-25-17-9-10-18(26-14-6-4-12-24)20-19(17)21(27)15-7-1-2-8-16(15)22(20)28/h1-2,7-10,25-26H,3-6,11-14,23-24H2. The Morgan fingerprint density at radius 1 is 0.643 bits per heavy atom. The minimum Gasteiger partial charge on any atom is -0.384 e. The van der Waals surface area contributed by atoms with Gasteiger partial charge in [-0.3, -0.25) is 9.59 Å². The van der Waals surface area contributed by atoms with Gasteiger partial charge in [0.2, 0.25) is 0 Å². The van der Waals surface area contributed by atoms with Gasteiger partial charge in [0.05, 0.1) is 11.1 Å². The number of rotatable bonds is 10. The molecule has 0 bridgehead atoms. The lowest BCUT2D eigenvalue weighted by molar-refractivity contribution is 0.0980. The normalized spacial score (nSPS) is 12.5. The SMILES string of the molecule is NCCCCNc1ccc(NCCCCN)c2c1C(=O)c1ccccc1C2=O. The van der Waals surface area contributed by atoms with E-state index >= 15 is 0 Å². The third kappa shape index (κ3) is 4.08. The molecule has 0 saturated carbocycles. The quantitative estimate of drug-likeness (QED) is 0.403. The molecule has 0 spiro atoms. The van der Waals surface area contributed by atoms with Crippen LogP contribution in [-0.2, 0) is 0 Å². The Bertz CT molecular complexity index is 794. The summed E-state index contributed by atoms with van der Waals surface area (Å²) >= 11 is 0. The van der Waals surface area contributed by atoms with Gasteiger partial charge in [-0.15, -0.1) is 0 Å². The summed E-state index contributed by atoms with van der Waals surface area (Å²) in [6.45, 7) is 2.68. The molecule has 148 valence electrons. The Kier molecular flexibility index (Phi) is 6.79. The zero-order chi connectivity index (χ0) is 19.9. The molecule has 0 saturated heterocycles. The molecule has 0 unspecified atom stereocenters. The molecular weight excluding hydrogens is 352 g/mol. The van der Waals surface area contributed by atoms with Gasteiger partial charge in [0.1, 0.15) is 0 Å². The Labute approximate surface area is 165 Å². The average molecular weight is 380 g/mol. The molecule has 0 heterocycles. The summed E-state index contributed by atoms with van der Waals surface area (Å²) in [6.07, 6.45) is 3.63. The van der Waals surface area contributed by atoms with Crippen molar-refractivity contribution in [3.63, 3.8) is 0 Å². The van der Waals surface area contributed by atoms with E-state index in [2.05, 4.69) is 10.6 Å². The molecule has 0 radical (unpaired) electrons. The molecule has 6 N–H and O–H groups in total. The summed E-state index contributed by atoms with van der Waals surface area (Å²) in [5.41, 5.74) is 14.4. The fourth-order valence-electron chi connectivity index (χ4n) is 3.50. The number of hydrogen-bond donors (Lipinski definition) is 4. The van der Waals surface area contributed by atoms with Crippen LogP contribution in [0.15, 0.2) is 36.4 Å². The molecule has 1 aliphatic carbocycles. The lowest BCUT2D eigenvalue weighted by Crippen LogP contribution is -2.24. The summed E-state index contributed by atoms with van der Waals surface area (Å²) in [6, 6.07) is 10.8. The van der Waals surface area contributed by atoms with E-state index in [1.807, 2.05) is 12.1 Å². The topological polar surface area (TPSA) is 110 Å². The van der Waals surface area contributed by atoms with Crippen LogP contribution >= 0.6 is 0 Å². The summed E-state index contributed by atoms with van der Waals surface area (Å²) < 4.78 is 0. The second kappa shape index (κ2) is 9.48. The number of nitrogens with two attached hydrogens (primary N) is 2. The van der Waals surface area contributed by atoms with Crippen LogP contribution in [0.1, 0.15) is 57.5 Å². The molecule has 2 aromatic carbocycles. The number of benzene rings is 2. The van der Waals surface area contributed by atoms with Crippen molar-refractivity contribution in [1.82, 2.24) is 0 Å². The van der Waals surface area contributed by atoms with E-state index in [1.54, 1.807) is 24.3 Å². The highest BCUT2D eigenvalue weighted by molar-refractivity contribution is 6.31. The van der Waals surface area contributed by atoms with E-state index in [4.69, 9.17) is 11.5 Å². The van der Waals surface area contributed by atoms with Gasteiger partial charge in [-0.05, 0) is 50.9 Å². The largest absolute Gasteiger partial charge is 0.384 e. The van der Waals surface area contributed by atoms with Crippen molar-refractivity contribution in [3.05, 3.63) is 58.7 Å². The molecule has 6 heteroatoms. The lowest BCUT2D eigenvalue weighted by Gasteiger charge is -2.24. The number of carbonyl (C=O) groups is 2. The molecule has 1 aliphatic rings. The van der Waals surface area contributed by atoms with Crippen molar-refractivity contribution in [2.75, 3.05) is 36.8 Å². The smallest absolute Gasteiger partial charge is 0.196 e. The van der Waals surface area contributed by atoms with E-state index in [0.29, 0.717) is 59.8 Å². The first-order chi connectivity index (χ1) is 13.7. The van der Waals surface area contributed by atoms with Crippen LogP contribution < -0.4 is 22.1 Å². The van der Waals surface area contributed by atoms with Gasteiger partial charge >= 0.3 is 0 Å². The maximum absolute atomic E-state index is 13.2. The molecule has 0 fully saturated rings. The maximum Gasteiger partial charge on any atom is 0.196 e. The highest BCUT2D eigenvalue weighted by Crippen LogP contribution is 2.36. The van der Waals surface area contributed by atoms with Crippen LogP contribution in [0, 0.1) is 0 Å². The number of hydrogen-bond acceptors (Lipinski definition) is 6. The Morgan fingerprint density at radius 3 is 1.46 bits per heavy atom. The molecular formula is C22H28N4O2. The maximum atomic E-state index is 13.2. The molecule has 6 nitrogen and oxygen atoms in total. The van der Waals surface area contributed by atoms with Gasteiger partial charge < -0.3 is 22.1 Å². The minimum absolute atomic E-state index is 0.114. The lowest BCUT2D eigenvalue weighted by atomic mass is 9.82. The molecule has 0 aromatic heterocycles. The number of carbonyl (C=O) groups excluding carboxylic acids is 2. The van der Waals surface area contributed by atoms with Gasteiger partial charge in [0.15, 0.2) is 11.6 Å². The van der Waals surface area contributed by atoms with Crippen LogP contribution in [0.2, 0.25) is 0 Å². The van der Waals surface area contributed by atoms with Crippen molar-refractivity contribution in [3.8, 4) is 0 Å². The number of unbranched alkanes of at least 4 members (excludes halogenated alkanes) is 2. The monoisotopic (exact) mass is 380 g/mol. The predicted octanol–water partition coefficient (Wildman–Crippen LogP) is 2.76. The number of fused-ring (bicyclic) bond motifs is 2. The van der Waals surface area contributed by atoms with Crippen LogP contribution in [0.25, 0.3) is 0 Å². The van der Waals surface area contributed by atoms with Gasteiger partial charge in [0.25, 0.3) is 0 Å². The van der Waals surface area contributed by atoms with Crippen LogP contribution in [0.5, 0.6) is 0 Å². The summed E-state index contributed by atoms with van der Waals surface area (Å²) in [5.74, 6) is -0.228. The summed E-state index contributed by atoms with van der Waals surface area (Å²) in [4.78, 5) is 26.5. The van der Waals surface area contributed by atoms with E-state index < -0.39 is 0 Å². The fraction of sp³-hybridized carbons (Fsp3) is 0.364. The first-order valence-electron chi connectivity index (χ1n) is 9.92. The van der Waals surface area contributed by atoms with E-state index in [9.17, 15) is 9.59 Å². The molecule has 28 heavy (non-hydrogen) atoms. The first-order valence-corrected chi connectivity index (χ1v) is 9.92. The zero-order valence-electron chi connectivity index (χ0n) is 16.1. The molecule has 0 atom stereocenters. The second-order valence-corrected chi connectivity index (χ2v) is 6.96. The van der Waals surface area contributed by atoms with Crippen LogP contribution in [0.4, 0.5) is 11.4 Å². The highest BCUT2D eigenvalue weighted by atomic mass is 16.1. The Balaban J connectivity index is 1.97. The molecule has 3 rings (SSSR count). The third-order valence-electron chi connectivity index (χ3n) is 4.97. The zero-order valence-corrected chi connectivity index (χ0v) is 16.1. The number of ketones is 2. The number of anilines is 2. The predicted molar refractivity (Wildman–Crippen MR) is 113 cm³/mol. The molecule has 0 aliphatic heterocycles. The number of nitrogens with one attached hydrogen (secondary N) is 2. The Hall–Kier alpha value is -2.70. The van der Waals surface area contributed by atoms with E-state index in [-0.39, 0.29) is 11.6 Å². The van der Waals surface area contributed by atoms with E-state index in [0.717, 1.165) is 25.7 Å². The highest BCUT2D eigenvalue weighted by Gasteiger charge is 2.33. The van der Waals surface area contributed by atoms with Crippen molar-refractivity contribution in [2.45, 2.75) is 25.7 Å². The van der Waals surface area contributed by atoms with Gasteiger partial charge in [-0.2, -0.15) is 0 Å². The van der Waals surface area contributed by atoms with Crippen LogP contribution in [-0.4, -0.2) is 37.7 Å². The van der Waals surface area contributed by atoms with Gasteiger partial charge in [0, 0.05) is 35.6 Å². The van der Waals surface area contributed by atoms with Crippen molar-refractivity contribution < 1.29 is 9.59 Å². The average Bonchev–Trinajstić information content (AvgIpc) is 2.72. The fourth-order valence-corrected chi connectivity index (χ4v) is 3.50. The minimum atomic E-state index is -0.114. The van der Waals surface area contributed by atoms with E-state index in [1.165, 1.54) is 0 Å². The molecule has 2 aromatic rings. The summed E-state index contributed by atoms with van der Waals surface area (Å²) in [7, 11) is 0. The van der Waals surface area contributed by atoms with Crippen molar-refractivity contribution >= 4 is 22.9 Å². The third-order valence-corrected chi connectivity index (χ3v) is 4.97. The Morgan fingerprint density at radius 2 is 1.07 bits per heavy atom. The van der Waals surface area contributed by atoms with Gasteiger partial charge in [-0.25, -0.2) is 0 Å². The summed E-state index contributed by atoms with van der Waals surface area (Å²) in [5, 5.41) is 6.64. The van der Waals surface area contributed by atoms with Crippen LogP contribution in [0.3, 0.4) is 0 Å². The molecule has 0 amide bonds. The van der Waals surface area contributed by atoms with Crippen molar-refractivity contribution in [1.29, 1.82) is 0 Å². The second-order valence-electron chi connectivity index (χ2n) is 6.96. The van der Waals surface area contributed by atoms with Crippen molar-refractivity contribution in [2.24, 2.45) is 11.5 Å².